The van der Waals surface area contributed by atoms with Gasteiger partial charge in [0, 0.05) is 42.0 Å². The molecule has 0 aliphatic carbocycles. The molecule has 10 rings (SSSR count). The van der Waals surface area contributed by atoms with Gasteiger partial charge in [0.05, 0.1) is 33.5 Å². The van der Waals surface area contributed by atoms with Gasteiger partial charge in [-0.05, 0) is 60.7 Å². The monoisotopic (exact) mass is 528 g/mol. The quantitative estimate of drug-likeness (QED) is 0.211. The Morgan fingerprint density at radius 2 is 1.27 bits per heavy atom. The van der Waals surface area contributed by atoms with Crippen molar-refractivity contribution in [2.45, 2.75) is 0 Å². The van der Waals surface area contributed by atoms with E-state index in [1.54, 1.807) is 0 Å². The molecule has 0 saturated heterocycles. The van der Waals surface area contributed by atoms with E-state index in [9.17, 15) is 0 Å². The standard InChI is InChI=1S/C36H20N2OS/c1-5-14-31-22(8-1)24-17-18-29-34(36(24)39-31)25-10-7-13-30-35(25)38(29)28-12-4-3-11-27(28)37(30)21-16-19-33-26(20-21)23-9-2-6-15-32(23)40-33/h1-20H. The molecule has 0 atom stereocenters. The minimum Gasteiger partial charge on any atom is -0.455 e. The number of aromatic nitrogens is 1. The normalized spacial score (nSPS) is 12.9. The lowest BCUT2D eigenvalue weighted by atomic mass is 10.1. The third kappa shape index (κ3) is 2.50. The Hall–Kier alpha value is -5.06. The molecule has 0 radical (unpaired) electrons. The summed E-state index contributed by atoms with van der Waals surface area (Å²) in [7, 11) is 0. The second-order valence-corrected chi connectivity index (χ2v) is 11.6. The zero-order valence-electron chi connectivity index (χ0n) is 21.3. The van der Waals surface area contributed by atoms with Crippen molar-refractivity contribution < 1.29 is 4.42 Å². The van der Waals surface area contributed by atoms with E-state index in [2.05, 4.69) is 125 Å². The number of rotatable bonds is 1. The second kappa shape index (κ2) is 7.32. The predicted octanol–water partition coefficient (Wildman–Crippen LogP) is 10.8. The van der Waals surface area contributed by atoms with Crippen LogP contribution in [0.1, 0.15) is 0 Å². The van der Waals surface area contributed by atoms with Crippen LogP contribution in [0.2, 0.25) is 0 Å². The highest BCUT2D eigenvalue weighted by molar-refractivity contribution is 7.25. The van der Waals surface area contributed by atoms with Gasteiger partial charge in [0.25, 0.3) is 0 Å². The van der Waals surface area contributed by atoms with Crippen molar-refractivity contribution in [3.8, 4) is 5.69 Å². The Labute approximate surface area is 232 Å². The Bertz CT molecular complexity index is 2510. The molecule has 6 aromatic carbocycles. The lowest BCUT2D eigenvalue weighted by Crippen LogP contribution is -2.17. The van der Waals surface area contributed by atoms with Crippen LogP contribution < -0.4 is 4.90 Å². The summed E-state index contributed by atoms with van der Waals surface area (Å²) in [5.74, 6) is 0. The third-order valence-electron chi connectivity index (χ3n) is 8.50. The highest BCUT2D eigenvalue weighted by Crippen LogP contribution is 2.51. The molecule has 4 heterocycles. The molecule has 0 unspecified atom stereocenters. The van der Waals surface area contributed by atoms with Crippen LogP contribution in [0.5, 0.6) is 0 Å². The molecule has 40 heavy (non-hydrogen) atoms. The number of para-hydroxylation sites is 4. The summed E-state index contributed by atoms with van der Waals surface area (Å²) < 4.78 is 11.6. The van der Waals surface area contributed by atoms with E-state index in [0.717, 1.165) is 21.9 Å². The van der Waals surface area contributed by atoms with Crippen LogP contribution in [0.15, 0.2) is 126 Å². The maximum Gasteiger partial charge on any atom is 0.145 e. The third-order valence-corrected chi connectivity index (χ3v) is 9.65. The van der Waals surface area contributed by atoms with Crippen LogP contribution in [0.3, 0.4) is 0 Å². The van der Waals surface area contributed by atoms with Gasteiger partial charge in [-0.3, -0.25) is 0 Å². The van der Waals surface area contributed by atoms with E-state index >= 15 is 0 Å². The first-order chi connectivity index (χ1) is 19.8. The molecule has 9 aromatic rings. The highest BCUT2D eigenvalue weighted by Gasteiger charge is 2.29. The largest absolute Gasteiger partial charge is 0.455 e. The fourth-order valence-corrected chi connectivity index (χ4v) is 7.93. The van der Waals surface area contributed by atoms with Crippen LogP contribution in [0, 0.1) is 0 Å². The predicted molar refractivity (Wildman–Crippen MR) is 169 cm³/mol. The first-order valence-electron chi connectivity index (χ1n) is 13.5. The van der Waals surface area contributed by atoms with Crippen molar-refractivity contribution in [2.75, 3.05) is 4.90 Å². The Morgan fingerprint density at radius 1 is 0.525 bits per heavy atom. The van der Waals surface area contributed by atoms with E-state index in [0.29, 0.717) is 0 Å². The molecule has 186 valence electrons. The number of nitrogens with zero attached hydrogens (tertiary/aromatic N) is 2. The van der Waals surface area contributed by atoms with Crippen molar-refractivity contribution >= 4 is 92.3 Å². The van der Waals surface area contributed by atoms with E-state index in [1.165, 1.54) is 64.7 Å². The number of fused-ring (bicyclic) bond motifs is 12. The maximum atomic E-state index is 6.55. The number of thiophene rings is 1. The minimum atomic E-state index is 0.926. The number of furan rings is 1. The summed E-state index contributed by atoms with van der Waals surface area (Å²) in [6, 6.07) is 43.8. The minimum absolute atomic E-state index is 0.926. The van der Waals surface area contributed by atoms with Gasteiger partial charge in [0.15, 0.2) is 0 Å². The topological polar surface area (TPSA) is 21.3 Å². The molecule has 0 N–H and O–H groups in total. The molecule has 0 amide bonds. The Kier molecular flexibility index (Phi) is 3.81. The van der Waals surface area contributed by atoms with Gasteiger partial charge < -0.3 is 13.9 Å². The molecule has 1 aliphatic heterocycles. The van der Waals surface area contributed by atoms with Crippen LogP contribution in [0.4, 0.5) is 17.1 Å². The summed E-state index contributed by atoms with van der Waals surface area (Å²) in [6.07, 6.45) is 0. The van der Waals surface area contributed by atoms with Crippen LogP contribution in [0.25, 0.3) is 69.6 Å². The van der Waals surface area contributed by atoms with Gasteiger partial charge in [-0.2, -0.15) is 0 Å². The van der Waals surface area contributed by atoms with Crippen molar-refractivity contribution in [3.63, 3.8) is 0 Å². The number of anilines is 3. The number of hydrogen-bond donors (Lipinski definition) is 0. The highest BCUT2D eigenvalue weighted by atomic mass is 32.1. The smallest absolute Gasteiger partial charge is 0.145 e. The maximum absolute atomic E-state index is 6.55. The average Bonchev–Trinajstić information content (AvgIpc) is 3.67. The van der Waals surface area contributed by atoms with Gasteiger partial charge in [-0.1, -0.05) is 60.7 Å². The number of benzene rings is 6. The molecule has 3 nitrogen and oxygen atoms in total. The van der Waals surface area contributed by atoms with Crippen molar-refractivity contribution in [1.82, 2.24) is 4.57 Å². The molecule has 0 fully saturated rings. The molecule has 1 aliphatic rings. The second-order valence-electron chi connectivity index (χ2n) is 10.5. The van der Waals surface area contributed by atoms with Crippen LogP contribution in [-0.2, 0) is 0 Å². The molecule has 0 spiro atoms. The molecule has 3 aromatic heterocycles. The van der Waals surface area contributed by atoms with Gasteiger partial charge in [-0.25, -0.2) is 0 Å². The summed E-state index contributed by atoms with van der Waals surface area (Å²) in [5.41, 5.74) is 8.94. The van der Waals surface area contributed by atoms with Gasteiger partial charge >= 0.3 is 0 Å². The van der Waals surface area contributed by atoms with E-state index in [1.807, 2.05) is 17.4 Å². The summed E-state index contributed by atoms with van der Waals surface area (Å²) >= 11 is 1.86. The molecular formula is C36H20N2OS. The zero-order chi connectivity index (χ0) is 25.9. The lowest BCUT2D eigenvalue weighted by Gasteiger charge is -2.33. The molecule has 4 heteroatoms. The first kappa shape index (κ1) is 20.8. The number of hydrogen-bond acceptors (Lipinski definition) is 3. The average molecular weight is 529 g/mol. The fraction of sp³-hybridized carbons (Fsp3) is 0. The van der Waals surface area contributed by atoms with Gasteiger partial charge in [0.1, 0.15) is 11.2 Å². The molecule has 0 bridgehead atoms. The van der Waals surface area contributed by atoms with Crippen molar-refractivity contribution in [3.05, 3.63) is 121 Å². The van der Waals surface area contributed by atoms with Crippen LogP contribution >= 0.6 is 11.3 Å². The molecular weight excluding hydrogens is 508 g/mol. The summed E-state index contributed by atoms with van der Waals surface area (Å²) in [6.45, 7) is 0. The SMILES string of the molecule is c1ccc2c(c1)N(c1ccc3sc4ccccc4c3c1)c1cccc3c4c5oc6ccccc6c5ccc4n-2c13. The Balaban J connectivity index is 1.34. The fourth-order valence-electron chi connectivity index (χ4n) is 6.85. The van der Waals surface area contributed by atoms with E-state index in [4.69, 9.17) is 4.42 Å². The van der Waals surface area contributed by atoms with E-state index in [-0.39, 0.29) is 0 Å². The van der Waals surface area contributed by atoms with Crippen LogP contribution in [-0.4, -0.2) is 4.57 Å². The zero-order valence-corrected chi connectivity index (χ0v) is 22.1. The van der Waals surface area contributed by atoms with E-state index < -0.39 is 0 Å². The summed E-state index contributed by atoms with van der Waals surface area (Å²) in [5, 5.41) is 7.31. The first-order valence-corrected chi connectivity index (χ1v) is 14.3. The lowest BCUT2D eigenvalue weighted by molar-refractivity contribution is 0.673. The van der Waals surface area contributed by atoms with Gasteiger partial charge in [-0.15, -0.1) is 11.3 Å². The Morgan fingerprint density at radius 3 is 2.23 bits per heavy atom. The van der Waals surface area contributed by atoms with Crippen molar-refractivity contribution in [2.24, 2.45) is 0 Å². The summed E-state index contributed by atoms with van der Waals surface area (Å²) in [4.78, 5) is 2.43. The molecule has 0 saturated carbocycles. The van der Waals surface area contributed by atoms with Gasteiger partial charge in [0.2, 0.25) is 0 Å². The van der Waals surface area contributed by atoms with Crippen molar-refractivity contribution in [1.29, 1.82) is 0 Å².